The molecular weight excluding hydrogens is 346 g/mol. The number of benzene rings is 2. The summed E-state index contributed by atoms with van der Waals surface area (Å²) in [6.07, 6.45) is 0.841. The first kappa shape index (κ1) is 14.9. The summed E-state index contributed by atoms with van der Waals surface area (Å²) in [5.41, 5.74) is 2.20. The molecule has 0 aliphatic carbocycles. The van der Waals surface area contributed by atoms with Crippen LogP contribution in [0.4, 0.5) is 5.69 Å². The predicted octanol–water partition coefficient (Wildman–Crippen LogP) is 4.17. The Hall–Kier alpha value is -2.01. The second kappa shape index (κ2) is 6.40. The molecule has 0 unspecified atom stereocenters. The highest BCUT2D eigenvalue weighted by atomic mass is 79.9. The first-order valence-electron chi connectivity index (χ1n) is 7.10. The number of hydrogen-bond acceptors (Lipinski definition) is 3. The summed E-state index contributed by atoms with van der Waals surface area (Å²) in [5.74, 6) is 1.18. The fourth-order valence-electron chi connectivity index (χ4n) is 2.29. The fourth-order valence-corrected chi connectivity index (χ4v) is 2.55. The van der Waals surface area contributed by atoms with Gasteiger partial charge < -0.3 is 14.8 Å². The van der Waals surface area contributed by atoms with Crippen LogP contribution in [0.5, 0.6) is 11.5 Å². The Kier molecular flexibility index (Phi) is 4.34. The maximum Gasteiger partial charge on any atom is 0.256 e. The Morgan fingerprint density at radius 3 is 2.41 bits per heavy atom. The molecule has 5 heteroatoms. The van der Waals surface area contributed by atoms with Crippen LogP contribution in [0.15, 0.2) is 40.9 Å². The zero-order valence-corrected chi connectivity index (χ0v) is 13.8. The first-order chi connectivity index (χ1) is 10.6. The van der Waals surface area contributed by atoms with Crippen LogP contribution in [0, 0.1) is 6.92 Å². The van der Waals surface area contributed by atoms with Gasteiger partial charge in [0.05, 0.1) is 13.2 Å². The van der Waals surface area contributed by atoms with Crippen LogP contribution < -0.4 is 14.8 Å². The van der Waals surface area contributed by atoms with Crippen LogP contribution in [0.1, 0.15) is 22.3 Å². The Balaban J connectivity index is 1.85. The third-order valence-electron chi connectivity index (χ3n) is 3.44. The SMILES string of the molecule is Cc1cc2c(cc1C(=O)Nc1ccc(Br)cc1)OCCCO2. The van der Waals surface area contributed by atoms with Crippen molar-refractivity contribution < 1.29 is 14.3 Å². The van der Waals surface area contributed by atoms with Crippen LogP contribution in [0.25, 0.3) is 0 Å². The van der Waals surface area contributed by atoms with E-state index < -0.39 is 0 Å². The van der Waals surface area contributed by atoms with Crippen LogP contribution >= 0.6 is 15.9 Å². The van der Waals surface area contributed by atoms with Gasteiger partial charge in [-0.2, -0.15) is 0 Å². The van der Waals surface area contributed by atoms with Crippen molar-refractivity contribution in [3.8, 4) is 11.5 Å². The Morgan fingerprint density at radius 1 is 1.09 bits per heavy atom. The number of carbonyl (C=O) groups excluding carboxylic acids is 1. The van der Waals surface area contributed by atoms with Crippen molar-refractivity contribution in [2.75, 3.05) is 18.5 Å². The zero-order valence-electron chi connectivity index (χ0n) is 12.2. The number of aryl methyl sites for hydroxylation is 1. The molecule has 1 aliphatic heterocycles. The molecule has 2 aromatic carbocycles. The van der Waals surface area contributed by atoms with E-state index in [9.17, 15) is 4.79 Å². The van der Waals surface area contributed by atoms with Gasteiger partial charge in [-0.1, -0.05) is 15.9 Å². The summed E-state index contributed by atoms with van der Waals surface area (Å²) in [6, 6.07) is 11.1. The fraction of sp³-hybridized carbons (Fsp3) is 0.235. The molecule has 0 spiro atoms. The number of amides is 1. The molecule has 1 heterocycles. The molecule has 0 atom stereocenters. The quantitative estimate of drug-likeness (QED) is 0.872. The summed E-state index contributed by atoms with van der Waals surface area (Å²) < 4.78 is 12.3. The minimum absolute atomic E-state index is 0.157. The molecule has 0 radical (unpaired) electrons. The number of fused-ring (bicyclic) bond motifs is 1. The molecule has 1 amide bonds. The lowest BCUT2D eigenvalue weighted by molar-refractivity contribution is 0.102. The lowest BCUT2D eigenvalue weighted by Crippen LogP contribution is -2.13. The molecule has 0 bridgehead atoms. The summed E-state index contributed by atoms with van der Waals surface area (Å²) in [7, 11) is 0. The van der Waals surface area contributed by atoms with Crippen molar-refractivity contribution in [3.63, 3.8) is 0 Å². The third-order valence-corrected chi connectivity index (χ3v) is 3.97. The zero-order chi connectivity index (χ0) is 15.5. The van der Waals surface area contributed by atoms with Gasteiger partial charge in [-0.15, -0.1) is 0 Å². The maximum atomic E-state index is 12.5. The second-order valence-electron chi connectivity index (χ2n) is 5.13. The molecule has 0 saturated carbocycles. The number of carbonyl (C=O) groups is 1. The predicted molar refractivity (Wildman–Crippen MR) is 88.9 cm³/mol. The number of halogens is 1. The van der Waals surface area contributed by atoms with Gasteiger partial charge in [-0.05, 0) is 48.9 Å². The molecule has 1 aliphatic rings. The molecule has 114 valence electrons. The van der Waals surface area contributed by atoms with E-state index in [1.165, 1.54) is 0 Å². The van der Waals surface area contributed by atoms with Gasteiger partial charge in [-0.3, -0.25) is 4.79 Å². The lowest BCUT2D eigenvalue weighted by atomic mass is 10.1. The van der Waals surface area contributed by atoms with E-state index in [0.717, 1.165) is 22.1 Å². The molecule has 0 saturated heterocycles. The van der Waals surface area contributed by atoms with E-state index in [1.807, 2.05) is 37.3 Å². The average Bonchev–Trinajstić information content (AvgIpc) is 2.73. The van der Waals surface area contributed by atoms with Crippen molar-refractivity contribution in [1.29, 1.82) is 0 Å². The van der Waals surface area contributed by atoms with Crippen LogP contribution in [0.3, 0.4) is 0 Å². The van der Waals surface area contributed by atoms with Crippen LogP contribution in [-0.2, 0) is 0 Å². The Labute approximate surface area is 137 Å². The van der Waals surface area contributed by atoms with Crippen molar-refractivity contribution in [3.05, 3.63) is 52.0 Å². The summed E-state index contributed by atoms with van der Waals surface area (Å²) in [5, 5.41) is 2.89. The van der Waals surface area contributed by atoms with Crippen molar-refractivity contribution in [2.24, 2.45) is 0 Å². The van der Waals surface area contributed by atoms with E-state index in [4.69, 9.17) is 9.47 Å². The van der Waals surface area contributed by atoms with Gasteiger partial charge in [0, 0.05) is 22.1 Å². The van der Waals surface area contributed by atoms with Gasteiger partial charge >= 0.3 is 0 Å². The minimum Gasteiger partial charge on any atom is -0.490 e. The van der Waals surface area contributed by atoms with Gasteiger partial charge in [0.25, 0.3) is 5.91 Å². The number of rotatable bonds is 2. The molecule has 4 nitrogen and oxygen atoms in total. The van der Waals surface area contributed by atoms with Gasteiger partial charge in [0.15, 0.2) is 11.5 Å². The minimum atomic E-state index is -0.157. The molecular formula is C17H16BrNO3. The highest BCUT2D eigenvalue weighted by Crippen LogP contribution is 2.33. The van der Waals surface area contributed by atoms with E-state index in [1.54, 1.807) is 6.07 Å². The van der Waals surface area contributed by atoms with Crippen LogP contribution in [0.2, 0.25) is 0 Å². The molecule has 22 heavy (non-hydrogen) atoms. The molecule has 0 aromatic heterocycles. The van der Waals surface area contributed by atoms with Crippen molar-refractivity contribution in [2.45, 2.75) is 13.3 Å². The Morgan fingerprint density at radius 2 is 1.73 bits per heavy atom. The summed E-state index contributed by atoms with van der Waals surface area (Å²) in [6.45, 7) is 3.13. The molecule has 2 aromatic rings. The second-order valence-corrected chi connectivity index (χ2v) is 6.04. The standard InChI is InChI=1S/C17H16BrNO3/c1-11-9-15-16(22-8-2-7-21-15)10-14(11)17(20)19-13-5-3-12(18)4-6-13/h3-6,9-10H,2,7-8H2,1H3,(H,19,20). The van der Waals surface area contributed by atoms with Gasteiger partial charge in [-0.25, -0.2) is 0 Å². The smallest absolute Gasteiger partial charge is 0.256 e. The number of anilines is 1. The van der Waals surface area contributed by atoms with E-state index in [2.05, 4.69) is 21.2 Å². The first-order valence-corrected chi connectivity index (χ1v) is 7.90. The highest BCUT2D eigenvalue weighted by molar-refractivity contribution is 9.10. The molecule has 1 N–H and O–H groups in total. The molecule has 3 rings (SSSR count). The Bertz CT molecular complexity index is 698. The summed E-state index contributed by atoms with van der Waals surface area (Å²) >= 11 is 3.37. The normalized spacial score (nSPS) is 13.4. The summed E-state index contributed by atoms with van der Waals surface area (Å²) in [4.78, 5) is 12.5. The maximum absolute atomic E-state index is 12.5. The third kappa shape index (κ3) is 3.25. The van der Waals surface area contributed by atoms with Crippen molar-refractivity contribution in [1.82, 2.24) is 0 Å². The van der Waals surface area contributed by atoms with Crippen molar-refractivity contribution >= 4 is 27.5 Å². The molecule has 0 fully saturated rings. The van der Waals surface area contributed by atoms with E-state index >= 15 is 0 Å². The van der Waals surface area contributed by atoms with Crippen LogP contribution in [-0.4, -0.2) is 19.1 Å². The topological polar surface area (TPSA) is 47.6 Å². The van der Waals surface area contributed by atoms with E-state index in [0.29, 0.717) is 30.3 Å². The number of nitrogens with one attached hydrogen (secondary N) is 1. The number of ether oxygens (including phenoxy) is 2. The average molecular weight is 362 g/mol. The largest absolute Gasteiger partial charge is 0.490 e. The highest BCUT2D eigenvalue weighted by Gasteiger charge is 2.17. The van der Waals surface area contributed by atoms with E-state index in [-0.39, 0.29) is 5.91 Å². The van der Waals surface area contributed by atoms with Gasteiger partial charge in [0.1, 0.15) is 0 Å². The monoisotopic (exact) mass is 361 g/mol. The van der Waals surface area contributed by atoms with Gasteiger partial charge in [0.2, 0.25) is 0 Å². The lowest BCUT2D eigenvalue weighted by Gasteiger charge is -2.12. The number of hydrogen-bond donors (Lipinski definition) is 1.